The maximum absolute atomic E-state index is 11.0. The van der Waals surface area contributed by atoms with E-state index in [4.69, 9.17) is 10.7 Å². The van der Waals surface area contributed by atoms with Crippen LogP contribution >= 0.6 is 10.7 Å². The maximum Gasteiger partial charge on any atom is 0.280 e. The molecule has 0 N–H and O–H groups in total. The molecule has 6 heteroatoms. The Morgan fingerprint density at radius 1 is 1.64 bits per heavy atom. The van der Waals surface area contributed by atoms with Crippen molar-refractivity contribution in [1.82, 2.24) is 9.55 Å². The van der Waals surface area contributed by atoms with Crippen molar-refractivity contribution < 1.29 is 8.42 Å². The molecule has 1 aromatic heterocycles. The van der Waals surface area contributed by atoms with Crippen LogP contribution in [0.3, 0.4) is 0 Å². The van der Waals surface area contributed by atoms with E-state index in [1.165, 1.54) is 6.20 Å². The second-order valence-corrected chi connectivity index (χ2v) is 6.09. The molecule has 0 bridgehead atoms. The molecule has 0 spiro atoms. The monoisotopic (exact) mass is 234 g/mol. The van der Waals surface area contributed by atoms with Gasteiger partial charge in [0.25, 0.3) is 9.05 Å². The van der Waals surface area contributed by atoms with E-state index in [1.54, 1.807) is 0 Å². The van der Waals surface area contributed by atoms with Crippen LogP contribution in [-0.2, 0) is 15.5 Å². The summed E-state index contributed by atoms with van der Waals surface area (Å²) in [4.78, 5) is 4.02. The van der Waals surface area contributed by atoms with Crippen LogP contribution in [0.15, 0.2) is 11.2 Å². The molecule has 0 radical (unpaired) electrons. The first-order chi connectivity index (χ1) is 6.48. The van der Waals surface area contributed by atoms with Crippen molar-refractivity contribution in [3.05, 3.63) is 12.0 Å². The first kappa shape index (κ1) is 9.98. The van der Waals surface area contributed by atoms with E-state index in [0.717, 1.165) is 25.1 Å². The highest BCUT2D eigenvalue weighted by Crippen LogP contribution is 2.26. The van der Waals surface area contributed by atoms with Crippen LogP contribution in [0.4, 0.5) is 0 Å². The van der Waals surface area contributed by atoms with Gasteiger partial charge < -0.3 is 4.57 Å². The predicted octanol–water partition coefficient (Wildman–Crippen LogP) is 1.71. The first-order valence-electron chi connectivity index (χ1n) is 4.51. The summed E-state index contributed by atoms with van der Waals surface area (Å²) in [5, 5.41) is -0.0251. The molecule has 1 aliphatic rings. The molecule has 0 saturated carbocycles. The summed E-state index contributed by atoms with van der Waals surface area (Å²) in [6.07, 6.45) is 4.48. The predicted molar refractivity (Wildman–Crippen MR) is 52.9 cm³/mol. The minimum Gasteiger partial charge on any atom is -0.331 e. The molecule has 0 aromatic carbocycles. The fraction of sp³-hybridized carbons (Fsp3) is 0.625. The van der Waals surface area contributed by atoms with Crippen molar-refractivity contribution in [3.8, 4) is 0 Å². The third-order valence-electron chi connectivity index (χ3n) is 2.53. The molecule has 1 aromatic rings. The lowest BCUT2D eigenvalue weighted by Gasteiger charge is -2.20. The number of fused-ring (bicyclic) bond motifs is 1. The summed E-state index contributed by atoms with van der Waals surface area (Å²) >= 11 is 0. The Bertz CT molecular complexity index is 452. The zero-order chi connectivity index (χ0) is 10.3. The van der Waals surface area contributed by atoms with Crippen LogP contribution in [0.2, 0.25) is 0 Å². The maximum atomic E-state index is 11.0. The second-order valence-electron chi connectivity index (χ2n) is 3.58. The molecule has 0 fully saturated rings. The highest BCUT2D eigenvalue weighted by Gasteiger charge is 2.22. The summed E-state index contributed by atoms with van der Waals surface area (Å²) in [5.74, 6) is 0.822. The number of hydrogen-bond donors (Lipinski definition) is 0. The molecule has 1 atom stereocenters. The van der Waals surface area contributed by atoms with E-state index in [0.29, 0.717) is 6.04 Å². The Hall–Kier alpha value is -0.550. The van der Waals surface area contributed by atoms with Crippen LogP contribution in [0.25, 0.3) is 0 Å². The summed E-state index contributed by atoms with van der Waals surface area (Å²) in [6.45, 7) is 2.05. The van der Waals surface area contributed by atoms with Crippen molar-refractivity contribution in [3.63, 3.8) is 0 Å². The Morgan fingerprint density at radius 2 is 2.36 bits per heavy atom. The fourth-order valence-electron chi connectivity index (χ4n) is 1.79. The quantitative estimate of drug-likeness (QED) is 0.695. The number of aryl methyl sites for hydroxylation is 1. The van der Waals surface area contributed by atoms with E-state index in [-0.39, 0.29) is 5.03 Å². The van der Waals surface area contributed by atoms with Gasteiger partial charge in [-0.25, -0.2) is 13.4 Å². The molecular formula is C8H11ClN2O2S. The van der Waals surface area contributed by atoms with Gasteiger partial charge in [-0.15, -0.1) is 0 Å². The fourth-order valence-corrected chi connectivity index (χ4v) is 2.46. The van der Waals surface area contributed by atoms with Crippen LogP contribution < -0.4 is 0 Å². The lowest BCUT2D eigenvalue weighted by atomic mass is 10.1. The molecular weight excluding hydrogens is 224 g/mol. The van der Waals surface area contributed by atoms with Crippen molar-refractivity contribution in [2.75, 3.05) is 0 Å². The van der Waals surface area contributed by atoms with Crippen molar-refractivity contribution in [2.45, 2.75) is 37.3 Å². The minimum absolute atomic E-state index is 0.0251. The van der Waals surface area contributed by atoms with Crippen LogP contribution in [0.5, 0.6) is 0 Å². The highest BCUT2D eigenvalue weighted by molar-refractivity contribution is 8.13. The first-order valence-corrected chi connectivity index (χ1v) is 6.82. The van der Waals surface area contributed by atoms with E-state index < -0.39 is 9.05 Å². The van der Waals surface area contributed by atoms with E-state index in [9.17, 15) is 8.42 Å². The summed E-state index contributed by atoms with van der Waals surface area (Å²) < 4.78 is 24.0. The SMILES string of the molecule is C[C@@H]1CCCc2nc(S(=O)(=O)Cl)cn21. The van der Waals surface area contributed by atoms with E-state index in [1.807, 2.05) is 4.57 Å². The van der Waals surface area contributed by atoms with Gasteiger partial charge in [0, 0.05) is 29.3 Å². The molecule has 2 heterocycles. The number of halogens is 1. The van der Waals surface area contributed by atoms with Gasteiger partial charge in [-0.05, 0) is 19.8 Å². The van der Waals surface area contributed by atoms with Crippen molar-refractivity contribution in [2.24, 2.45) is 0 Å². The van der Waals surface area contributed by atoms with Gasteiger partial charge in [0.2, 0.25) is 0 Å². The van der Waals surface area contributed by atoms with Crippen LogP contribution in [0, 0.1) is 0 Å². The molecule has 14 heavy (non-hydrogen) atoms. The van der Waals surface area contributed by atoms with Crippen LogP contribution in [-0.4, -0.2) is 18.0 Å². The Morgan fingerprint density at radius 3 is 2.93 bits per heavy atom. The van der Waals surface area contributed by atoms with Gasteiger partial charge in [-0.3, -0.25) is 0 Å². The third kappa shape index (κ3) is 1.66. The minimum atomic E-state index is -3.68. The number of hydrogen-bond acceptors (Lipinski definition) is 3. The Kier molecular flexibility index (Phi) is 2.31. The van der Waals surface area contributed by atoms with Crippen molar-refractivity contribution in [1.29, 1.82) is 0 Å². The highest BCUT2D eigenvalue weighted by atomic mass is 35.7. The van der Waals surface area contributed by atoms with Crippen LogP contribution in [0.1, 0.15) is 31.6 Å². The lowest BCUT2D eigenvalue weighted by Crippen LogP contribution is -2.14. The molecule has 78 valence electrons. The van der Waals surface area contributed by atoms with Gasteiger partial charge in [-0.1, -0.05) is 0 Å². The van der Waals surface area contributed by atoms with E-state index >= 15 is 0 Å². The molecule has 0 aliphatic carbocycles. The van der Waals surface area contributed by atoms with Gasteiger partial charge in [-0.2, -0.15) is 0 Å². The Balaban J connectivity index is 2.50. The van der Waals surface area contributed by atoms with Gasteiger partial charge in [0.15, 0.2) is 5.03 Å². The number of rotatable bonds is 1. The van der Waals surface area contributed by atoms with E-state index in [2.05, 4.69) is 11.9 Å². The van der Waals surface area contributed by atoms with Gasteiger partial charge in [0.1, 0.15) is 5.82 Å². The molecule has 0 amide bonds. The zero-order valence-corrected chi connectivity index (χ0v) is 9.35. The topological polar surface area (TPSA) is 52.0 Å². The average molecular weight is 235 g/mol. The molecule has 0 saturated heterocycles. The standard InChI is InChI=1S/C8H11ClN2O2S/c1-6-3-2-4-7-10-8(5-11(6)7)14(9,12)13/h5-6H,2-4H2,1H3/t6-/m1/s1. The zero-order valence-electron chi connectivity index (χ0n) is 7.77. The molecule has 0 unspecified atom stereocenters. The number of imidazole rings is 1. The van der Waals surface area contributed by atoms with Gasteiger partial charge in [0.05, 0.1) is 0 Å². The van der Waals surface area contributed by atoms with Crippen molar-refractivity contribution >= 4 is 19.7 Å². The Labute approximate surface area is 87.3 Å². The lowest BCUT2D eigenvalue weighted by molar-refractivity contribution is 0.425. The summed E-state index contributed by atoms with van der Waals surface area (Å²) in [6, 6.07) is 0.318. The molecule has 4 nitrogen and oxygen atoms in total. The smallest absolute Gasteiger partial charge is 0.280 e. The normalized spacial score (nSPS) is 22.0. The molecule has 1 aliphatic heterocycles. The number of aromatic nitrogens is 2. The summed E-state index contributed by atoms with van der Waals surface area (Å²) in [5.41, 5.74) is 0. The average Bonchev–Trinajstić information content (AvgIpc) is 2.48. The molecule has 2 rings (SSSR count). The second kappa shape index (κ2) is 3.24. The third-order valence-corrected chi connectivity index (χ3v) is 3.70. The largest absolute Gasteiger partial charge is 0.331 e. The number of nitrogens with zero attached hydrogens (tertiary/aromatic N) is 2. The summed E-state index contributed by atoms with van der Waals surface area (Å²) in [7, 11) is 1.54. The van der Waals surface area contributed by atoms with Gasteiger partial charge >= 0.3 is 0 Å².